The summed E-state index contributed by atoms with van der Waals surface area (Å²) in [4.78, 5) is 13.3. The second-order valence-corrected chi connectivity index (χ2v) is 6.53. The molecule has 0 atom stereocenters. The third-order valence-corrected chi connectivity index (χ3v) is 4.78. The zero-order valence-corrected chi connectivity index (χ0v) is 17.0. The molecule has 3 heterocycles. The lowest BCUT2D eigenvalue weighted by molar-refractivity contribution is 0.380. The minimum atomic E-state index is 0. The number of halogens is 1. The molecule has 0 aliphatic carbocycles. The van der Waals surface area contributed by atoms with E-state index in [2.05, 4.69) is 24.9 Å². The van der Waals surface area contributed by atoms with Gasteiger partial charge in [-0.3, -0.25) is 9.67 Å². The smallest absolute Gasteiger partial charge is 0.191 e. The molecule has 1 saturated heterocycles. The average Bonchev–Trinajstić information content (AvgIpc) is 3.23. The summed E-state index contributed by atoms with van der Waals surface area (Å²) in [6, 6.07) is 0. The quantitative estimate of drug-likeness (QED) is 0.317. The molecule has 0 aromatic carbocycles. The van der Waals surface area contributed by atoms with Gasteiger partial charge in [0.1, 0.15) is 0 Å². The first kappa shape index (κ1) is 19.0. The number of hydrogen-bond acceptors (Lipinski definition) is 5. The van der Waals surface area contributed by atoms with Crippen LogP contribution in [0.2, 0.25) is 0 Å². The Morgan fingerprint density at radius 1 is 1.33 bits per heavy atom. The Balaban J connectivity index is 0.00000208. The van der Waals surface area contributed by atoms with Crippen LogP contribution >= 0.6 is 35.3 Å². The van der Waals surface area contributed by atoms with E-state index >= 15 is 0 Å². The Morgan fingerprint density at radius 2 is 2.12 bits per heavy atom. The first-order valence-corrected chi connectivity index (χ1v) is 8.77. The van der Waals surface area contributed by atoms with Gasteiger partial charge in [0.05, 0.1) is 6.20 Å². The predicted octanol–water partition coefficient (Wildman–Crippen LogP) is 1.56. The SMILES string of the molecule is Cn1cc(CCCN=C(N)N2CCN(c3nccs3)CC2)cn1.I. The molecule has 0 bridgehead atoms. The van der Waals surface area contributed by atoms with Crippen molar-refractivity contribution in [1.29, 1.82) is 0 Å². The number of anilines is 1. The van der Waals surface area contributed by atoms with Crippen molar-refractivity contribution < 1.29 is 0 Å². The number of nitrogens with two attached hydrogens (primary N) is 1. The molecule has 1 aliphatic heterocycles. The van der Waals surface area contributed by atoms with Gasteiger partial charge in [-0.1, -0.05) is 0 Å². The third kappa shape index (κ3) is 5.07. The number of nitrogens with zero attached hydrogens (tertiary/aromatic N) is 6. The molecule has 132 valence electrons. The summed E-state index contributed by atoms with van der Waals surface area (Å²) in [5.41, 5.74) is 7.37. The summed E-state index contributed by atoms with van der Waals surface area (Å²) >= 11 is 1.68. The number of guanidine groups is 1. The lowest BCUT2D eigenvalue weighted by Gasteiger charge is -2.35. The molecule has 24 heavy (non-hydrogen) atoms. The molecule has 2 N–H and O–H groups in total. The average molecular weight is 461 g/mol. The highest BCUT2D eigenvalue weighted by molar-refractivity contribution is 14.0. The van der Waals surface area contributed by atoms with E-state index in [4.69, 9.17) is 5.73 Å². The Bertz CT molecular complexity index is 632. The Morgan fingerprint density at radius 3 is 2.75 bits per heavy atom. The van der Waals surface area contributed by atoms with Gasteiger partial charge >= 0.3 is 0 Å². The van der Waals surface area contributed by atoms with Crippen molar-refractivity contribution in [1.82, 2.24) is 19.7 Å². The number of hydrogen-bond donors (Lipinski definition) is 1. The molecule has 2 aromatic heterocycles. The summed E-state index contributed by atoms with van der Waals surface area (Å²) in [5, 5.41) is 7.28. The standard InChI is InChI=1S/C15H23N7S.HI/c1-20-12-13(11-19-20)3-2-4-17-14(16)21-6-8-22(9-7-21)15-18-5-10-23-15;/h5,10-12H,2-4,6-9H2,1H3,(H2,16,17);1H. The van der Waals surface area contributed by atoms with Gasteiger partial charge in [-0.05, 0) is 18.4 Å². The zero-order valence-electron chi connectivity index (χ0n) is 13.8. The zero-order chi connectivity index (χ0) is 16.1. The summed E-state index contributed by atoms with van der Waals surface area (Å²) in [6.45, 7) is 4.45. The molecular formula is C15H24IN7S. The summed E-state index contributed by atoms with van der Waals surface area (Å²) in [6.07, 6.45) is 7.79. The van der Waals surface area contributed by atoms with Crippen molar-refractivity contribution in [3.05, 3.63) is 29.5 Å². The van der Waals surface area contributed by atoms with Gasteiger partial charge in [0, 0.05) is 57.5 Å². The number of thiazole rings is 1. The molecule has 3 rings (SSSR count). The van der Waals surface area contributed by atoms with Crippen molar-refractivity contribution in [2.45, 2.75) is 12.8 Å². The first-order valence-electron chi connectivity index (χ1n) is 7.89. The lowest BCUT2D eigenvalue weighted by Crippen LogP contribution is -2.51. The van der Waals surface area contributed by atoms with E-state index in [-0.39, 0.29) is 24.0 Å². The number of aromatic nitrogens is 3. The maximum atomic E-state index is 6.12. The first-order chi connectivity index (χ1) is 11.2. The lowest BCUT2D eigenvalue weighted by atomic mass is 10.2. The highest BCUT2D eigenvalue weighted by Gasteiger charge is 2.19. The highest BCUT2D eigenvalue weighted by atomic mass is 127. The number of piperazine rings is 1. The van der Waals surface area contributed by atoms with Crippen LogP contribution in [0.3, 0.4) is 0 Å². The highest BCUT2D eigenvalue weighted by Crippen LogP contribution is 2.18. The summed E-state index contributed by atoms with van der Waals surface area (Å²) in [5.74, 6) is 0.662. The minimum Gasteiger partial charge on any atom is -0.370 e. The van der Waals surface area contributed by atoms with E-state index < -0.39 is 0 Å². The fourth-order valence-electron chi connectivity index (χ4n) is 2.68. The van der Waals surface area contributed by atoms with Crippen molar-refractivity contribution in [3.63, 3.8) is 0 Å². The van der Waals surface area contributed by atoms with Crippen molar-refractivity contribution >= 4 is 46.4 Å². The summed E-state index contributed by atoms with van der Waals surface area (Å²) < 4.78 is 1.83. The molecule has 1 aliphatic rings. The molecular weight excluding hydrogens is 437 g/mol. The van der Waals surface area contributed by atoms with Gasteiger partial charge < -0.3 is 15.5 Å². The summed E-state index contributed by atoms with van der Waals surface area (Å²) in [7, 11) is 1.94. The normalized spacial score (nSPS) is 15.5. The fourth-order valence-corrected chi connectivity index (χ4v) is 3.37. The molecule has 7 nitrogen and oxygen atoms in total. The van der Waals surface area contributed by atoms with Crippen LogP contribution in [0.5, 0.6) is 0 Å². The molecule has 0 radical (unpaired) electrons. The Hall–Kier alpha value is -1.36. The Kier molecular flexibility index (Phi) is 7.28. The third-order valence-electron chi connectivity index (χ3n) is 3.95. The van der Waals surface area contributed by atoms with Gasteiger partial charge in [-0.2, -0.15) is 5.10 Å². The predicted molar refractivity (Wildman–Crippen MR) is 109 cm³/mol. The minimum absolute atomic E-state index is 0. The van der Waals surface area contributed by atoms with Crippen LogP contribution in [0.25, 0.3) is 0 Å². The second-order valence-electron chi connectivity index (χ2n) is 5.65. The van der Waals surface area contributed by atoms with E-state index in [1.54, 1.807) is 11.3 Å². The van der Waals surface area contributed by atoms with Crippen LogP contribution in [-0.2, 0) is 13.5 Å². The second kappa shape index (κ2) is 9.21. The molecule has 2 aromatic rings. The molecule has 0 spiro atoms. The van der Waals surface area contributed by atoms with E-state index in [1.165, 1.54) is 5.56 Å². The van der Waals surface area contributed by atoms with Gasteiger partial charge in [-0.25, -0.2) is 4.98 Å². The van der Waals surface area contributed by atoms with Crippen molar-refractivity contribution in [2.24, 2.45) is 17.8 Å². The maximum Gasteiger partial charge on any atom is 0.191 e. The van der Waals surface area contributed by atoms with Crippen LogP contribution in [0.1, 0.15) is 12.0 Å². The molecule has 9 heteroatoms. The Labute approximate surface area is 163 Å². The van der Waals surface area contributed by atoms with E-state index in [0.29, 0.717) is 5.96 Å². The van der Waals surface area contributed by atoms with Crippen molar-refractivity contribution in [2.75, 3.05) is 37.6 Å². The van der Waals surface area contributed by atoms with Crippen molar-refractivity contribution in [3.8, 4) is 0 Å². The topological polar surface area (TPSA) is 75.6 Å². The van der Waals surface area contributed by atoms with Crippen LogP contribution in [0, 0.1) is 0 Å². The number of aryl methyl sites for hydroxylation is 2. The van der Waals surface area contributed by atoms with Crippen LogP contribution < -0.4 is 10.6 Å². The largest absolute Gasteiger partial charge is 0.370 e. The number of aliphatic imine (C=N–C) groups is 1. The molecule has 1 fully saturated rings. The number of rotatable bonds is 5. The van der Waals surface area contributed by atoms with Gasteiger partial charge in [0.25, 0.3) is 0 Å². The van der Waals surface area contributed by atoms with E-state index in [0.717, 1.165) is 50.7 Å². The van der Waals surface area contributed by atoms with Gasteiger partial charge in [-0.15, -0.1) is 35.3 Å². The van der Waals surface area contributed by atoms with Crippen LogP contribution in [-0.4, -0.2) is 58.3 Å². The monoisotopic (exact) mass is 461 g/mol. The molecule has 0 unspecified atom stereocenters. The van der Waals surface area contributed by atoms with E-state index in [9.17, 15) is 0 Å². The maximum absolute atomic E-state index is 6.12. The molecule has 0 amide bonds. The van der Waals surface area contributed by atoms with Crippen LogP contribution in [0.4, 0.5) is 5.13 Å². The van der Waals surface area contributed by atoms with Gasteiger partial charge in [0.2, 0.25) is 0 Å². The van der Waals surface area contributed by atoms with Crippen LogP contribution in [0.15, 0.2) is 29.0 Å². The fraction of sp³-hybridized carbons (Fsp3) is 0.533. The van der Waals surface area contributed by atoms with Gasteiger partial charge in [0.15, 0.2) is 11.1 Å². The van der Waals surface area contributed by atoms with E-state index in [1.807, 2.05) is 35.7 Å². The molecule has 0 saturated carbocycles.